The number of fused-ring (bicyclic) bond motifs is 1. The van der Waals surface area contributed by atoms with Crippen LogP contribution >= 0.6 is 0 Å². The van der Waals surface area contributed by atoms with Gasteiger partial charge in [0.25, 0.3) is 0 Å². The number of rotatable bonds is 6. The number of hydrogen-bond donors (Lipinski definition) is 1. The Morgan fingerprint density at radius 3 is 2.41 bits per heavy atom. The Labute approximate surface area is 184 Å². The summed E-state index contributed by atoms with van der Waals surface area (Å²) in [7, 11) is 0. The van der Waals surface area contributed by atoms with E-state index in [-0.39, 0.29) is 18.1 Å². The molecule has 0 aliphatic rings. The molecule has 0 bridgehead atoms. The highest BCUT2D eigenvalue weighted by atomic mass is 19.1. The summed E-state index contributed by atoms with van der Waals surface area (Å²) < 4.78 is 17.5. The molecule has 5 rings (SSSR count). The molecule has 0 aliphatic heterocycles. The third kappa shape index (κ3) is 3.78. The van der Waals surface area contributed by atoms with Crippen molar-refractivity contribution in [3.8, 4) is 11.3 Å². The van der Waals surface area contributed by atoms with E-state index in [2.05, 4.69) is 21.8 Å². The molecule has 0 saturated heterocycles. The molecule has 0 spiro atoms. The SMILES string of the molecule is O=C(O)c1cc(-c2cn(Cc3ccccc3)c3ccccc23)n(Cc2cccc(F)c2)n1. The van der Waals surface area contributed by atoms with Crippen LogP contribution in [0.15, 0.2) is 91.1 Å². The maximum atomic E-state index is 13.7. The van der Waals surface area contributed by atoms with Crippen molar-refractivity contribution in [1.82, 2.24) is 14.3 Å². The first-order chi connectivity index (χ1) is 15.6. The maximum absolute atomic E-state index is 13.7. The van der Waals surface area contributed by atoms with Gasteiger partial charge in [-0.05, 0) is 35.4 Å². The molecule has 2 aromatic heterocycles. The second-order valence-electron chi connectivity index (χ2n) is 7.68. The van der Waals surface area contributed by atoms with Gasteiger partial charge in [-0.2, -0.15) is 5.10 Å². The molecule has 5 nitrogen and oxygen atoms in total. The Morgan fingerprint density at radius 1 is 0.875 bits per heavy atom. The molecule has 0 saturated carbocycles. The van der Waals surface area contributed by atoms with Gasteiger partial charge in [-0.1, -0.05) is 60.7 Å². The van der Waals surface area contributed by atoms with Crippen LogP contribution in [-0.4, -0.2) is 25.4 Å². The second kappa shape index (κ2) is 8.15. The highest BCUT2D eigenvalue weighted by Gasteiger charge is 2.19. The lowest BCUT2D eigenvalue weighted by Gasteiger charge is -2.07. The number of aromatic carboxylic acids is 1. The van der Waals surface area contributed by atoms with E-state index in [1.165, 1.54) is 17.7 Å². The maximum Gasteiger partial charge on any atom is 0.356 e. The monoisotopic (exact) mass is 425 g/mol. The predicted molar refractivity (Wildman–Crippen MR) is 121 cm³/mol. The molecule has 1 N–H and O–H groups in total. The van der Waals surface area contributed by atoms with Gasteiger partial charge < -0.3 is 9.67 Å². The van der Waals surface area contributed by atoms with E-state index in [1.54, 1.807) is 22.9 Å². The minimum absolute atomic E-state index is 0.0451. The molecule has 0 atom stereocenters. The van der Waals surface area contributed by atoms with Crippen LogP contribution in [0.2, 0.25) is 0 Å². The van der Waals surface area contributed by atoms with Gasteiger partial charge in [-0.15, -0.1) is 0 Å². The zero-order chi connectivity index (χ0) is 22.1. The van der Waals surface area contributed by atoms with Crippen LogP contribution in [0.3, 0.4) is 0 Å². The Balaban J connectivity index is 1.64. The predicted octanol–water partition coefficient (Wildman–Crippen LogP) is 5.44. The van der Waals surface area contributed by atoms with Crippen molar-refractivity contribution in [3.63, 3.8) is 0 Å². The van der Waals surface area contributed by atoms with E-state index in [1.807, 2.05) is 48.7 Å². The zero-order valence-corrected chi connectivity index (χ0v) is 17.1. The molecular formula is C26H20FN3O2. The van der Waals surface area contributed by atoms with Crippen molar-refractivity contribution < 1.29 is 14.3 Å². The Kier molecular flexibility index (Phi) is 5.03. The average molecular weight is 425 g/mol. The lowest BCUT2D eigenvalue weighted by Crippen LogP contribution is -2.06. The first-order valence-corrected chi connectivity index (χ1v) is 10.3. The fourth-order valence-electron chi connectivity index (χ4n) is 4.03. The van der Waals surface area contributed by atoms with Gasteiger partial charge in [0.15, 0.2) is 5.69 Å². The number of carbonyl (C=O) groups is 1. The molecule has 0 radical (unpaired) electrons. The molecule has 2 heterocycles. The van der Waals surface area contributed by atoms with Gasteiger partial charge in [0.2, 0.25) is 0 Å². The lowest BCUT2D eigenvalue weighted by atomic mass is 10.1. The van der Waals surface area contributed by atoms with Crippen LogP contribution in [-0.2, 0) is 13.1 Å². The molecule has 6 heteroatoms. The molecule has 0 unspecified atom stereocenters. The van der Waals surface area contributed by atoms with Crippen LogP contribution in [0.25, 0.3) is 22.2 Å². The Hall–Kier alpha value is -4.19. The van der Waals surface area contributed by atoms with Crippen molar-refractivity contribution in [3.05, 3.63) is 114 Å². The minimum atomic E-state index is -1.10. The smallest absolute Gasteiger partial charge is 0.356 e. The molecule has 158 valence electrons. The van der Waals surface area contributed by atoms with Gasteiger partial charge in [0, 0.05) is 29.2 Å². The number of halogens is 1. The van der Waals surface area contributed by atoms with Crippen LogP contribution in [0.1, 0.15) is 21.6 Å². The third-order valence-corrected chi connectivity index (χ3v) is 5.48. The summed E-state index contributed by atoms with van der Waals surface area (Å²) >= 11 is 0. The van der Waals surface area contributed by atoms with Gasteiger partial charge in [0.1, 0.15) is 5.82 Å². The number of para-hydroxylation sites is 1. The molecule has 0 amide bonds. The number of aromatic nitrogens is 3. The zero-order valence-electron chi connectivity index (χ0n) is 17.1. The van der Waals surface area contributed by atoms with Crippen LogP contribution < -0.4 is 0 Å². The summed E-state index contributed by atoms with van der Waals surface area (Å²) in [4.78, 5) is 11.7. The van der Waals surface area contributed by atoms with E-state index in [4.69, 9.17) is 0 Å². The standard InChI is InChI=1S/C26H20FN3O2/c27-20-10-6-9-19(13-20)16-30-25(14-23(28-30)26(31)32)22-17-29(15-18-7-2-1-3-8-18)24-12-5-4-11-21(22)24/h1-14,17H,15-16H2,(H,31,32). The molecule has 0 fully saturated rings. The number of nitrogens with zero attached hydrogens (tertiary/aromatic N) is 3. The summed E-state index contributed by atoms with van der Waals surface area (Å²) in [5, 5.41) is 14.8. The number of carboxylic acids is 1. The second-order valence-corrected chi connectivity index (χ2v) is 7.68. The van der Waals surface area contributed by atoms with Crippen molar-refractivity contribution in [2.45, 2.75) is 13.1 Å². The number of benzene rings is 3. The van der Waals surface area contributed by atoms with E-state index in [9.17, 15) is 14.3 Å². The Morgan fingerprint density at radius 2 is 1.62 bits per heavy atom. The highest BCUT2D eigenvalue weighted by Crippen LogP contribution is 2.32. The van der Waals surface area contributed by atoms with Crippen molar-refractivity contribution in [2.75, 3.05) is 0 Å². The van der Waals surface area contributed by atoms with E-state index < -0.39 is 5.97 Å². The van der Waals surface area contributed by atoms with Gasteiger partial charge in [0.05, 0.1) is 12.2 Å². The average Bonchev–Trinajstić information content (AvgIpc) is 3.36. The normalized spacial score (nSPS) is 11.2. The molecule has 5 aromatic rings. The molecule has 32 heavy (non-hydrogen) atoms. The van der Waals surface area contributed by atoms with Crippen molar-refractivity contribution in [1.29, 1.82) is 0 Å². The third-order valence-electron chi connectivity index (χ3n) is 5.48. The van der Waals surface area contributed by atoms with Crippen molar-refractivity contribution in [2.24, 2.45) is 0 Å². The molecule has 0 aliphatic carbocycles. The van der Waals surface area contributed by atoms with E-state index in [0.717, 1.165) is 16.5 Å². The van der Waals surface area contributed by atoms with Gasteiger partial charge >= 0.3 is 5.97 Å². The summed E-state index contributed by atoms with van der Waals surface area (Å²) in [6, 6.07) is 26.0. The summed E-state index contributed by atoms with van der Waals surface area (Å²) in [5.41, 5.74) is 4.43. The lowest BCUT2D eigenvalue weighted by molar-refractivity contribution is 0.0689. The molecule has 3 aromatic carbocycles. The van der Waals surface area contributed by atoms with Crippen LogP contribution in [0.5, 0.6) is 0 Å². The molecular weight excluding hydrogens is 405 g/mol. The topological polar surface area (TPSA) is 60.0 Å². The largest absolute Gasteiger partial charge is 0.476 e. The summed E-state index contributed by atoms with van der Waals surface area (Å²) in [6.45, 7) is 0.948. The minimum Gasteiger partial charge on any atom is -0.476 e. The van der Waals surface area contributed by atoms with Crippen LogP contribution in [0, 0.1) is 5.82 Å². The quantitative estimate of drug-likeness (QED) is 0.394. The first-order valence-electron chi connectivity index (χ1n) is 10.3. The van der Waals surface area contributed by atoms with E-state index in [0.29, 0.717) is 17.8 Å². The van der Waals surface area contributed by atoms with Crippen molar-refractivity contribution >= 4 is 16.9 Å². The fourth-order valence-corrected chi connectivity index (χ4v) is 4.03. The first kappa shape index (κ1) is 19.8. The summed E-state index contributed by atoms with van der Waals surface area (Å²) in [6.07, 6.45) is 2.03. The summed E-state index contributed by atoms with van der Waals surface area (Å²) in [5.74, 6) is -1.44. The number of carboxylic acid groups (broad SMARTS) is 1. The Bertz CT molecular complexity index is 1420. The van der Waals surface area contributed by atoms with Gasteiger partial charge in [-0.25, -0.2) is 9.18 Å². The van der Waals surface area contributed by atoms with Crippen LogP contribution in [0.4, 0.5) is 4.39 Å². The number of hydrogen-bond acceptors (Lipinski definition) is 2. The van der Waals surface area contributed by atoms with Gasteiger partial charge in [-0.3, -0.25) is 4.68 Å². The fraction of sp³-hybridized carbons (Fsp3) is 0.0769. The highest BCUT2D eigenvalue weighted by molar-refractivity contribution is 5.96. The van der Waals surface area contributed by atoms with E-state index >= 15 is 0 Å².